The summed E-state index contributed by atoms with van der Waals surface area (Å²) in [4.78, 5) is 17.5. The molecule has 2 bridgehead atoms. The first kappa shape index (κ1) is 16.0. The van der Waals surface area contributed by atoms with Gasteiger partial charge in [0, 0.05) is 24.2 Å². The second-order valence-corrected chi connectivity index (χ2v) is 7.85. The average molecular weight is 331 g/mol. The molecule has 2 saturated heterocycles. The molecule has 24 heavy (non-hydrogen) atoms. The van der Waals surface area contributed by atoms with Gasteiger partial charge in [-0.3, -0.25) is 0 Å². The van der Waals surface area contributed by atoms with Crippen molar-refractivity contribution in [1.29, 1.82) is 0 Å². The number of amides is 2. The van der Waals surface area contributed by atoms with Crippen LogP contribution in [0.3, 0.4) is 0 Å². The van der Waals surface area contributed by atoms with E-state index in [0.29, 0.717) is 24.2 Å². The third-order valence-electron chi connectivity index (χ3n) is 6.21. The number of furan rings is 1. The molecule has 0 aromatic carbocycles. The van der Waals surface area contributed by atoms with E-state index in [1.165, 1.54) is 19.3 Å². The Morgan fingerprint density at radius 3 is 2.58 bits per heavy atom. The summed E-state index contributed by atoms with van der Waals surface area (Å²) in [6.45, 7) is 2.07. The number of hydrogen-bond donors (Lipinski definition) is 1. The van der Waals surface area contributed by atoms with Crippen molar-refractivity contribution in [1.82, 2.24) is 15.1 Å². The van der Waals surface area contributed by atoms with Crippen molar-refractivity contribution in [2.45, 2.75) is 82.1 Å². The fourth-order valence-electron chi connectivity index (χ4n) is 4.66. The second-order valence-electron chi connectivity index (χ2n) is 7.85. The van der Waals surface area contributed by atoms with Gasteiger partial charge in [-0.2, -0.15) is 0 Å². The van der Waals surface area contributed by atoms with Gasteiger partial charge in [0.25, 0.3) is 0 Å². The van der Waals surface area contributed by atoms with Gasteiger partial charge in [-0.1, -0.05) is 6.42 Å². The Hall–Kier alpha value is -1.49. The highest BCUT2D eigenvalue weighted by atomic mass is 16.3. The Morgan fingerprint density at radius 1 is 1.29 bits per heavy atom. The van der Waals surface area contributed by atoms with Crippen LogP contribution in [0.5, 0.6) is 0 Å². The van der Waals surface area contributed by atoms with E-state index in [1.54, 1.807) is 6.26 Å². The minimum atomic E-state index is -0.00161. The summed E-state index contributed by atoms with van der Waals surface area (Å²) in [5.74, 6) is 0.872. The fourth-order valence-corrected chi connectivity index (χ4v) is 4.66. The molecule has 4 rings (SSSR count). The molecule has 0 spiro atoms. The maximum atomic E-state index is 13.0. The van der Waals surface area contributed by atoms with Gasteiger partial charge in [-0.05, 0) is 64.6 Å². The van der Waals surface area contributed by atoms with E-state index >= 15 is 0 Å². The lowest BCUT2D eigenvalue weighted by atomic mass is 9.82. The van der Waals surface area contributed by atoms with Crippen LogP contribution in [-0.2, 0) is 0 Å². The molecular weight excluding hydrogens is 302 g/mol. The molecule has 3 heterocycles. The van der Waals surface area contributed by atoms with Gasteiger partial charge in [-0.15, -0.1) is 0 Å². The molecule has 1 saturated carbocycles. The zero-order chi connectivity index (χ0) is 16.7. The monoisotopic (exact) mass is 331 g/mol. The number of nitrogens with one attached hydrogen (secondary N) is 1. The van der Waals surface area contributed by atoms with Gasteiger partial charge in [-0.25, -0.2) is 4.79 Å². The smallest absolute Gasteiger partial charge is 0.318 e. The SMILES string of the molecule is CC(c1ccco1)N(C(=O)NC1CC2CCCC(C1)N2C)C1CC1. The molecule has 1 aromatic rings. The average Bonchev–Trinajstić information content (AvgIpc) is 3.20. The van der Waals surface area contributed by atoms with Crippen molar-refractivity contribution in [2.75, 3.05) is 7.05 Å². The van der Waals surface area contributed by atoms with Gasteiger partial charge in [0.05, 0.1) is 12.3 Å². The molecule has 1 aromatic heterocycles. The minimum Gasteiger partial charge on any atom is -0.467 e. The van der Waals surface area contributed by atoms with E-state index in [0.717, 1.165) is 31.4 Å². The van der Waals surface area contributed by atoms with Gasteiger partial charge >= 0.3 is 6.03 Å². The van der Waals surface area contributed by atoms with Crippen LogP contribution in [0.15, 0.2) is 22.8 Å². The standard InChI is InChI=1S/C19H29N3O2/c1-13(18-7-4-10-24-18)22(15-8-9-15)19(23)20-14-11-16-5-3-6-17(12-14)21(16)2/h4,7,10,13-17H,3,5-6,8-9,11-12H2,1-2H3,(H,20,23). The van der Waals surface area contributed by atoms with Crippen LogP contribution < -0.4 is 5.32 Å². The Labute approximate surface area is 144 Å². The largest absolute Gasteiger partial charge is 0.467 e. The van der Waals surface area contributed by atoms with Crippen LogP contribution in [0, 0.1) is 0 Å². The van der Waals surface area contributed by atoms with E-state index in [2.05, 4.69) is 24.2 Å². The number of hydrogen-bond acceptors (Lipinski definition) is 3. The maximum absolute atomic E-state index is 13.0. The minimum absolute atomic E-state index is 0.00161. The van der Waals surface area contributed by atoms with Crippen molar-refractivity contribution >= 4 is 6.03 Å². The lowest BCUT2D eigenvalue weighted by Gasteiger charge is -2.47. The molecule has 5 nitrogen and oxygen atoms in total. The van der Waals surface area contributed by atoms with Crippen LogP contribution >= 0.6 is 0 Å². The number of piperidine rings is 2. The molecule has 2 aliphatic heterocycles. The predicted octanol–water partition coefficient (Wildman–Crippen LogP) is 3.53. The Balaban J connectivity index is 1.42. The zero-order valence-electron chi connectivity index (χ0n) is 14.8. The summed E-state index contributed by atoms with van der Waals surface area (Å²) in [7, 11) is 2.25. The summed E-state index contributed by atoms with van der Waals surface area (Å²) < 4.78 is 5.54. The van der Waals surface area contributed by atoms with Gasteiger partial charge in [0.15, 0.2) is 0 Å². The molecule has 3 aliphatic rings. The number of nitrogens with zero attached hydrogens (tertiary/aromatic N) is 2. The topological polar surface area (TPSA) is 48.7 Å². The normalized spacial score (nSPS) is 31.5. The summed E-state index contributed by atoms with van der Waals surface area (Å²) in [5, 5.41) is 3.35. The molecule has 3 atom stereocenters. The Morgan fingerprint density at radius 2 is 2.00 bits per heavy atom. The highest BCUT2D eigenvalue weighted by Crippen LogP contribution is 2.36. The Bertz CT molecular complexity index is 555. The number of fused-ring (bicyclic) bond motifs is 2. The maximum Gasteiger partial charge on any atom is 0.318 e. The van der Waals surface area contributed by atoms with E-state index in [1.807, 2.05) is 17.0 Å². The van der Waals surface area contributed by atoms with Crippen LogP contribution in [0.4, 0.5) is 4.79 Å². The summed E-state index contributed by atoms with van der Waals surface area (Å²) in [6, 6.07) is 5.91. The summed E-state index contributed by atoms with van der Waals surface area (Å²) >= 11 is 0. The van der Waals surface area contributed by atoms with Crippen molar-refractivity contribution in [3.8, 4) is 0 Å². The second kappa shape index (κ2) is 6.43. The van der Waals surface area contributed by atoms with Crippen molar-refractivity contribution in [2.24, 2.45) is 0 Å². The van der Waals surface area contributed by atoms with E-state index in [4.69, 9.17) is 4.42 Å². The van der Waals surface area contributed by atoms with Crippen LogP contribution in [0.25, 0.3) is 0 Å². The molecule has 132 valence electrons. The van der Waals surface area contributed by atoms with Crippen molar-refractivity contribution in [3.05, 3.63) is 24.2 Å². The Kier molecular flexibility index (Phi) is 4.29. The molecule has 5 heteroatoms. The third kappa shape index (κ3) is 3.06. The van der Waals surface area contributed by atoms with Gasteiger partial charge in [0.1, 0.15) is 5.76 Å². The van der Waals surface area contributed by atoms with Crippen molar-refractivity contribution in [3.63, 3.8) is 0 Å². The van der Waals surface area contributed by atoms with Crippen LogP contribution in [-0.4, -0.2) is 47.0 Å². The molecule has 1 N–H and O–H groups in total. The molecule has 3 unspecified atom stereocenters. The molecule has 1 aliphatic carbocycles. The molecule has 0 radical (unpaired) electrons. The number of carbonyl (C=O) groups is 1. The van der Waals surface area contributed by atoms with Gasteiger partial charge < -0.3 is 19.5 Å². The zero-order valence-corrected chi connectivity index (χ0v) is 14.8. The fraction of sp³-hybridized carbons (Fsp3) is 0.737. The third-order valence-corrected chi connectivity index (χ3v) is 6.21. The first-order valence-corrected chi connectivity index (χ1v) is 9.47. The number of urea groups is 1. The van der Waals surface area contributed by atoms with E-state index < -0.39 is 0 Å². The highest BCUT2D eigenvalue weighted by molar-refractivity contribution is 5.75. The van der Waals surface area contributed by atoms with Gasteiger partial charge in [0.2, 0.25) is 0 Å². The summed E-state index contributed by atoms with van der Waals surface area (Å²) in [6.07, 6.45) is 9.97. The first-order valence-electron chi connectivity index (χ1n) is 9.47. The lowest BCUT2D eigenvalue weighted by molar-refractivity contribution is 0.0484. The predicted molar refractivity (Wildman–Crippen MR) is 92.7 cm³/mol. The first-order chi connectivity index (χ1) is 11.6. The van der Waals surface area contributed by atoms with Crippen molar-refractivity contribution < 1.29 is 9.21 Å². The van der Waals surface area contributed by atoms with Crippen LogP contribution in [0.1, 0.15) is 63.7 Å². The molecule has 2 amide bonds. The highest BCUT2D eigenvalue weighted by Gasteiger charge is 2.40. The van der Waals surface area contributed by atoms with Crippen LogP contribution in [0.2, 0.25) is 0 Å². The van der Waals surface area contributed by atoms with E-state index in [-0.39, 0.29) is 12.1 Å². The molecule has 3 fully saturated rings. The number of rotatable bonds is 4. The van der Waals surface area contributed by atoms with E-state index in [9.17, 15) is 4.79 Å². The summed E-state index contributed by atoms with van der Waals surface area (Å²) in [5.41, 5.74) is 0. The number of carbonyl (C=O) groups excluding carboxylic acids is 1. The quantitative estimate of drug-likeness (QED) is 0.918. The lowest BCUT2D eigenvalue weighted by Crippen LogP contribution is -2.57. The molecular formula is C19H29N3O2.